The van der Waals surface area contributed by atoms with Crippen LogP contribution in [0.2, 0.25) is 0 Å². The molecule has 0 spiro atoms. The molecule has 12 nitrogen and oxygen atoms in total. The summed E-state index contributed by atoms with van der Waals surface area (Å²) in [4.78, 5) is 43.1. The number of hydrogen-bond acceptors (Lipinski definition) is 9. The van der Waals surface area contributed by atoms with Crippen molar-refractivity contribution >= 4 is 45.1 Å². The zero-order valence-electron chi connectivity index (χ0n) is 16.5. The Morgan fingerprint density at radius 2 is 1.56 bits per heavy atom. The largest absolute Gasteiger partial charge is 0.496 e. The minimum absolute atomic E-state index is 0.208. The first-order valence-electron chi connectivity index (χ1n) is 8.91. The van der Waals surface area contributed by atoms with Crippen LogP contribution in [0.3, 0.4) is 0 Å². The van der Waals surface area contributed by atoms with Gasteiger partial charge in [0.05, 0.1) is 17.6 Å². The van der Waals surface area contributed by atoms with Crippen LogP contribution in [-0.2, 0) is 0 Å². The van der Waals surface area contributed by atoms with E-state index in [2.05, 4.69) is 47.6 Å². The topological polar surface area (TPSA) is 160 Å². The van der Waals surface area contributed by atoms with Crippen LogP contribution >= 0.6 is 15.9 Å². The van der Waals surface area contributed by atoms with Crippen LogP contribution in [0.15, 0.2) is 59.3 Å². The molecule has 0 saturated carbocycles. The fraction of sp³-hybridized carbons (Fsp3) is 0.0526. The van der Waals surface area contributed by atoms with Crippen LogP contribution in [0, 0.1) is 10.1 Å². The zero-order chi connectivity index (χ0) is 23.1. The van der Waals surface area contributed by atoms with Crippen LogP contribution in [0.5, 0.6) is 5.75 Å². The van der Waals surface area contributed by atoms with E-state index in [4.69, 9.17) is 4.74 Å². The quantitative estimate of drug-likeness (QED) is 0.268. The lowest BCUT2D eigenvalue weighted by atomic mass is 10.2. The van der Waals surface area contributed by atoms with Crippen LogP contribution < -0.4 is 26.4 Å². The molecule has 0 saturated heterocycles. The predicted molar refractivity (Wildman–Crippen MR) is 118 cm³/mol. The highest BCUT2D eigenvalue weighted by molar-refractivity contribution is 9.10. The number of hydrazine groups is 2. The maximum absolute atomic E-state index is 12.4. The van der Waals surface area contributed by atoms with Gasteiger partial charge in [-0.3, -0.25) is 41.4 Å². The van der Waals surface area contributed by atoms with Crippen molar-refractivity contribution in [3.8, 4) is 5.75 Å². The van der Waals surface area contributed by atoms with Crippen molar-refractivity contribution in [3.05, 3.63) is 80.6 Å². The molecule has 3 aromatic rings. The van der Waals surface area contributed by atoms with Gasteiger partial charge in [-0.25, -0.2) is 9.97 Å². The van der Waals surface area contributed by atoms with E-state index in [1.165, 1.54) is 13.2 Å². The third-order valence-electron chi connectivity index (χ3n) is 4.05. The summed E-state index contributed by atoms with van der Waals surface area (Å²) in [5.41, 5.74) is 9.40. The number of nitro groups is 1. The van der Waals surface area contributed by atoms with E-state index in [1.807, 2.05) is 0 Å². The van der Waals surface area contributed by atoms with Crippen molar-refractivity contribution in [3.63, 3.8) is 0 Å². The van der Waals surface area contributed by atoms with E-state index in [9.17, 15) is 19.7 Å². The second-order valence-corrected chi connectivity index (χ2v) is 6.96. The number of nitrogens with zero attached hydrogens (tertiary/aromatic N) is 3. The molecule has 0 fully saturated rings. The summed E-state index contributed by atoms with van der Waals surface area (Å²) in [5, 5.41) is 11.6. The molecule has 0 bridgehead atoms. The second-order valence-electron chi connectivity index (χ2n) is 6.04. The van der Waals surface area contributed by atoms with Gasteiger partial charge in [0.2, 0.25) is 11.6 Å². The van der Waals surface area contributed by atoms with Crippen molar-refractivity contribution in [2.75, 3.05) is 18.0 Å². The zero-order valence-corrected chi connectivity index (χ0v) is 18.0. The average molecular weight is 502 g/mol. The number of carbonyl (C=O) groups excluding carboxylic acids is 2. The lowest BCUT2D eigenvalue weighted by Gasteiger charge is -2.12. The predicted octanol–water partition coefficient (Wildman–Crippen LogP) is 2.67. The number of methoxy groups -OCH3 is 1. The number of aromatic nitrogens is 2. The summed E-state index contributed by atoms with van der Waals surface area (Å²) in [5.74, 6) is -1.40. The van der Waals surface area contributed by atoms with E-state index in [-0.39, 0.29) is 17.2 Å². The van der Waals surface area contributed by atoms with Gasteiger partial charge in [0.1, 0.15) is 12.1 Å². The summed E-state index contributed by atoms with van der Waals surface area (Å²) < 4.78 is 5.91. The van der Waals surface area contributed by atoms with Crippen molar-refractivity contribution in [2.45, 2.75) is 0 Å². The maximum Gasteiger partial charge on any atom is 0.356 e. The highest BCUT2D eigenvalue weighted by atomic mass is 79.9. The first-order chi connectivity index (χ1) is 15.4. The molecule has 4 N–H and O–H groups in total. The number of rotatable bonds is 8. The summed E-state index contributed by atoms with van der Waals surface area (Å²) in [7, 11) is 1.41. The third-order valence-corrected chi connectivity index (χ3v) is 4.58. The molecular weight excluding hydrogens is 486 g/mol. The molecule has 0 atom stereocenters. The molecule has 1 heterocycles. The molecule has 0 unspecified atom stereocenters. The molecule has 13 heteroatoms. The number of nitrogens with one attached hydrogen (secondary N) is 4. The Bertz CT molecular complexity index is 1160. The molecule has 2 aromatic carbocycles. The van der Waals surface area contributed by atoms with Crippen molar-refractivity contribution in [1.82, 2.24) is 20.8 Å². The number of amides is 2. The van der Waals surface area contributed by atoms with Crippen molar-refractivity contribution in [2.24, 2.45) is 0 Å². The first-order valence-corrected chi connectivity index (χ1v) is 9.70. The summed E-state index contributed by atoms with van der Waals surface area (Å²) >= 11 is 3.27. The summed E-state index contributed by atoms with van der Waals surface area (Å²) in [6, 6.07) is 12.9. The molecule has 1 aromatic heterocycles. The molecule has 2 amide bonds. The number of carbonyl (C=O) groups is 2. The van der Waals surface area contributed by atoms with E-state index in [0.717, 1.165) is 10.8 Å². The van der Waals surface area contributed by atoms with Crippen LogP contribution in [-0.4, -0.2) is 33.8 Å². The number of para-hydroxylation sites is 1. The fourth-order valence-corrected chi connectivity index (χ4v) is 2.80. The lowest BCUT2D eigenvalue weighted by molar-refractivity contribution is -0.383. The Kier molecular flexibility index (Phi) is 7.13. The SMILES string of the molecule is COc1ccccc1C(=O)NNc1ncnc(NNC(=O)c2ccc(Br)cc2)c1[N+](=O)[O-]. The number of halogens is 1. The van der Waals surface area contributed by atoms with E-state index in [1.54, 1.807) is 42.5 Å². The molecule has 32 heavy (non-hydrogen) atoms. The number of ether oxygens (including phenoxy) is 1. The van der Waals surface area contributed by atoms with Crippen molar-refractivity contribution in [1.29, 1.82) is 0 Å². The number of hydrogen-bond donors (Lipinski definition) is 4. The molecule has 0 aliphatic rings. The van der Waals surface area contributed by atoms with Gasteiger partial charge in [-0.1, -0.05) is 28.1 Å². The molecule has 0 aliphatic carbocycles. The highest BCUT2D eigenvalue weighted by Crippen LogP contribution is 2.28. The summed E-state index contributed by atoms with van der Waals surface area (Å²) in [6.07, 6.45) is 1.03. The smallest absolute Gasteiger partial charge is 0.356 e. The highest BCUT2D eigenvalue weighted by Gasteiger charge is 2.24. The first kappa shape index (κ1) is 22.4. The van der Waals surface area contributed by atoms with Gasteiger partial charge in [0.15, 0.2) is 0 Å². The maximum atomic E-state index is 12.4. The molecule has 0 aliphatic heterocycles. The van der Waals surface area contributed by atoms with Gasteiger partial charge in [0, 0.05) is 10.0 Å². The summed E-state index contributed by atoms with van der Waals surface area (Å²) in [6.45, 7) is 0. The Balaban J connectivity index is 1.74. The number of anilines is 2. The Morgan fingerprint density at radius 1 is 0.969 bits per heavy atom. The van der Waals surface area contributed by atoms with Crippen LogP contribution in [0.25, 0.3) is 0 Å². The van der Waals surface area contributed by atoms with Gasteiger partial charge in [0.25, 0.3) is 11.8 Å². The molecule has 164 valence electrons. The van der Waals surface area contributed by atoms with E-state index < -0.39 is 22.4 Å². The Morgan fingerprint density at radius 3 is 2.16 bits per heavy atom. The van der Waals surface area contributed by atoms with Crippen LogP contribution in [0.1, 0.15) is 20.7 Å². The van der Waals surface area contributed by atoms with Gasteiger partial charge in [-0.15, -0.1) is 0 Å². The average Bonchev–Trinajstić information content (AvgIpc) is 2.81. The van der Waals surface area contributed by atoms with E-state index >= 15 is 0 Å². The molecule has 0 radical (unpaired) electrons. The molecular formula is C19H16BrN7O5. The van der Waals surface area contributed by atoms with Gasteiger partial charge in [-0.05, 0) is 36.4 Å². The van der Waals surface area contributed by atoms with Crippen LogP contribution in [0.4, 0.5) is 17.3 Å². The van der Waals surface area contributed by atoms with Gasteiger partial charge >= 0.3 is 5.69 Å². The van der Waals surface area contributed by atoms with Gasteiger partial charge < -0.3 is 4.74 Å². The third kappa shape index (κ3) is 5.26. The Hall–Kier alpha value is -4.26. The molecule has 3 rings (SSSR count). The standard InChI is InChI=1S/C19H16BrN7O5/c1-32-14-5-3-2-4-13(14)19(29)26-24-17-15(27(30)31)16(21-10-22-17)23-25-18(28)11-6-8-12(20)9-7-11/h2-10H,1H3,(H,25,28)(H,26,29)(H2,21,22,23,24). The van der Waals surface area contributed by atoms with E-state index in [0.29, 0.717) is 11.3 Å². The normalized spacial score (nSPS) is 10.1. The minimum Gasteiger partial charge on any atom is -0.496 e. The minimum atomic E-state index is -0.758. The lowest BCUT2D eigenvalue weighted by Crippen LogP contribution is -2.32. The Labute approximate surface area is 189 Å². The number of benzene rings is 2. The fourth-order valence-electron chi connectivity index (χ4n) is 2.54. The van der Waals surface area contributed by atoms with Crippen molar-refractivity contribution < 1.29 is 19.2 Å². The van der Waals surface area contributed by atoms with Gasteiger partial charge in [-0.2, -0.15) is 0 Å². The monoisotopic (exact) mass is 501 g/mol. The second kappa shape index (κ2) is 10.2.